The number of piperidine rings is 2. The van der Waals surface area contributed by atoms with Crippen LogP contribution in [0.1, 0.15) is 105 Å². The van der Waals surface area contributed by atoms with Gasteiger partial charge in [-0.3, -0.25) is 0 Å². The minimum absolute atomic E-state index is 0.0994. The van der Waals surface area contributed by atoms with E-state index in [0.29, 0.717) is 24.5 Å². The zero-order chi connectivity index (χ0) is 34.2. The molecule has 2 amide bonds. The number of likely N-dealkylation sites (tertiary alicyclic amines) is 2. The number of rotatable bonds is 6. The highest BCUT2D eigenvalue weighted by Crippen LogP contribution is 2.41. The maximum atomic E-state index is 12.3. The number of aliphatic hydroxyl groups is 1. The zero-order valence-corrected chi connectivity index (χ0v) is 30.3. The number of ether oxygens (including phenoxy) is 2. The van der Waals surface area contributed by atoms with E-state index < -0.39 is 11.2 Å². The Balaban J connectivity index is 0.000000250. The molecule has 0 spiro atoms. The fourth-order valence-electron chi connectivity index (χ4n) is 6.55. The quantitative estimate of drug-likeness (QED) is 0.330. The molecule has 2 heterocycles. The van der Waals surface area contributed by atoms with E-state index in [9.17, 15) is 14.7 Å². The molecule has 46 heavy (non-hydrogen) atoms. The third kappa shape index (κ3) is 10.8. The molecule has 0 aromatic heterocycles. The summed E-state index contributed by atoms with van der Waals surface area (Å²) in [7, 11) is 0. The molecule has 0 aliphatic carbocycles. The van der Waals surface area contributed by atoms with Crippen LogP contribution in [0, 0.1) is 0 Å². The maximum absolute atomic E-state index is 12.3. The molecule has 2 aromatic carbocycles. The summed E-state index contributed by atoms with van der Waals surface area (Å²) in [5.41, 5.74) is 1.65. The first-order chi connectivity index (χ1) is 21.5. The standard InChI is InChI=1S/C19H28ClNO2.C18H26ClNO3/c1-5-10-19(15-6-8-16(20)9-7-15)11-13-21(14-12-19)17(22)23-18(2,3)4;1-17(2,3)23-16(22)20-11-8-18(9-12-20,10-13-21)14-4-6-15(19)7-5-14/h6-9H,5,10-14H2,1-4H3;4-7,21H,8-13H2,1-3H3. The van der Waals surface area contributed by atoms with Crippen molar-refractivity contribution in [3.63, 3.8) is 0 Å². The summed E-state index contributed by atoms with van der Waals surface area (Å²) in [5, 5.41) is 11.0. The Bertz CT molecular complexity index is 1150. The van der Waals surface area contributed by atoms with Gasteiger partial charge in [-0.1, -0.05) is 60.8 Å². The van der Waals surface area contributed by atoms with Gasteiger partial charge < -0.3 is 24.4 Å². The van der Waals surface area contributed by atoms with Crippen LogP contribution in [-0.4, -0.2) is 71.1 Å². The van der Waals surface area contributed by atoms with Crippen LogP contribution in [0.4, 0.5) is 9.59 Å². The van der Waals surface area contributed by atoms with E-state index in [0.717, 1.165) is 56.6 Å². The van der Waals surface area contributed by atoms with Crippen molar-refractivity contribution >= 4 is 35.4 Å². The number of carbonyl (C=O) groups excluding carboxylic acids is 2. The Morgan fingerprint density at radius 1 is 0.674 bits per heavy atom. The van der Waals surface area contributed by atoms with E-state index in [1.807, 2.05) is 82.8 Å². The third-order valence-corrected chi connectivity index (χ3v) is 9.48. The van der Waals surface area contributed by atoms with Crippen molar-refractivity contribution in [2.45, 2.75) is 115 Å². The number of carbonyl (C=O) groups is 2. The predicted octanol–water partition coefficient (Wildman–Crippen LogP) is 9.40. The number of benzene rings is 2. The molecule has 2 saturated heterocycles. The number of halogens is 2. The van der Waals surface area contributed by atoms with Gasteiger partial charge in [-0.2, -0.15) is 0 Å². The Kier molecular flexibility index (Phi) is 13.3. The second-order valence-electron chi connectivity index (χ2n) is 14.7. The van der Waals surface area contributed by atoms with Crippen LogP contribution in [0.25, 0.3) is 0 Å². The zero-order valence-electron chi connectivity index (χ0n) is 28.8. The molecule has 4 rings (SSSR count). The third-order valence-electron chi connectivity index (χ3n) is 8.98. The van der Waals surface area contributed by atoms with E-state index in [-0.39, 0.29) is 29.6 Å². The van der Waals surface area contributed by atoms with Gasteiger partial charge in [0, 0.05) is 48.2 Å². The summed E-state index contributed by atoms with van der Waals surface area (Å²) in [4.78, 5) is 28.1. The molecule has 2 aliphatic heterocycles. The van der Waals surface area contributed by atoms with Crippen LogP contribution in [-0.2, 0) is 20.3 Å². The molecular formula is C37H54Cl2N2O5. The van der Waals surface area contributed by atoms with Gasteiger partial charge in [0.2, 0.25) is 0 Å². The molecule has 2 aliphatic rings. The van der Waals surface area contributed by atoms with Gasteiger partial charge in [0.25, 0.3) is 0 Å². The predicted molar refractivity (Wildman–Crippen MR) is 187 cm³/mol. The first-order valence-electron chi connectivity index (χ1n) is 16.6. The summed E-state index contributed by atoms with van der Waals surface area (Å²) in [6, 6.07) is 16.0. The summed E-state index contributed by atoms with van der Waals surface area (Å²) < 4.78 is 10.9. The summed E-state index contributed by atoms with van der Waals surface area (Å²) in [6.07, 6.45) is 6.08. The molecule has 0 bridgehead atoms. The van der Waals surface area contributed by atoms with Crippen LogP contribution in [0.2, 0.25) is 10.0 Å². The second kappa shape index (κ2) is 16.1. The first kappa shape index (κ1) is 38.0. The van der Waals surface area contributed by atoms with E-state index in [2.05, 4.69) is 19.1 Å². The smallest absolute Gasteiger partial charge is 0.410 e. The number of aliphatic hydroxyl groups excluding tert-OH is 1. The van der Waals surface area contributed by atoms with Gasteiger partial charge >= 0.3 is 12.2 Å². The van der Waals surface area contributed by atoms with Crippen LogP contribution in [0.15, 0.2) is 48.5 Å². The summed E-state index contributed by atoms with van der Waals surface area (Å²) >= 11 is 12.0. The van der Waals surface area contributed by atoms with Crippen LogP contribution < -0.4 is 0 Å². The monoisotopic (exact) mass is 676 g/mol. The highest BCUT2D eigenvalue weighted by Gasteiger charge is 2.39. The summed E-state index contributed by atoms with van der Waals surface area (Å²) in [5.74, 6) is 0. The number of nitrogens with zero attached hydrogens (tertiary/aromatic N) is 2. The fraction of sp³-hybridized carbons (Fsp3) is 0.622. The second-order valence-corrected chi connectivity index (χ2v) is 15.6. The molecule has 0 saturated carbocycles. The fourth-order valence-corrected chi connectivity index (χ4v) is 6.81. The van der Waals surface area contributed by atoms with Gasteiger partial charge in [0.05, 0.1) is 0 Å². The van der Waals surface area contributed by atoms with Crippen LogP contribution in [0.5, 0.6) is 0 Å². The normalized spacial score (nSPS) is 17.9. The minimum Gasteiger partial charge on any atom is -0.444 e. The molecule has 9 heteroatoms. The first-order valence-corrected chi connectivity index (χ1v) is 17.4. The highest BCUT2D eigenvalue weighted by atomic mass is 35.5. The lowest BCUT2D eigenvalue weighted by Gasteiger charge is -2.42. The lowest BCUT2D eigenvalue weighted by atomic mass is 9.70. The molecule has 2 fully saturated rings. The van der Waals surface area contributed by atoms with Crippen molar-refractivity contribution in [3.05, 3.63) is 69.7 Å². The number of hydrogen-bond donors (Lipinski definition) is 1. The van der Waals surface area contributed by atoms with E-state index in [1.165, 1.54) is 11.1 Å². The topological polar surface area (TPSA) is 79.3 Å². The van der Waals surface area contributed by atoms with Gasteiger partial charge in [0.1, 0.15) is 11.2 Å². The van der Waals surface area contributed by atoms with E-state index >= 15 is 0 Å². The van der Waals surface area contributed by atoms with Crippen molar-refractivity contribution in [2.24, 2.45) is 0 Å². The lowest BCUT2D eigenvalue weighted by molar-refractivity contribution is 0.0142. The minimum atomic E-state index is -0.479. The van der Waals surface area contributed by atoms with Crippen molar-refractivity contribution in [2.75, 3.05) is 32.8 Å². The number of amides is 2. The maximum Gasteiger partial charge on any atom is 0.410 e. The average Bonchev–Trinajstić information content (AvgIpc) is 2.97. The molecule has 1 N–H and O–H groups in total. The van der Waals surface area contributed by atoms with Crippen LogP contribution in [0.3, 0.4) is 0 Å². The molecule has 0 unspecified atom stereocenters. The summed E-state index contributed by atoms with van der Waals surface area (Å²) in [6.45, 7) is 16.5. The Labute approximate surface area is 286 Å². The van der Waals surface area contributed by atoms with Gasteiger partial charge in [0.15, 0.2) is 0 Å². The van der Waals surface area contributed by atoms with Gasteiger partial charge in [-0.15, -0.1) is 0 Å². The van der Waals surface area contributed by atoms with E-state index in [4.69, 9.17) is 32.7 Å². The molecule has 7 nitrogen and oxygen atoms in total. The Morgan fingerprint density at radius 2 is 1.00 bits per heavy atom. The Hall–Kier alpha value is -2.48. The van der Waals surface area contributed by atoms with Crippen molar-refractivity contribution < 1.29 is 24.2 Å². The van der Waals surface area contributed by atoms with Crippen LogP contribution >= 0.6 is 23.2 Å². The SMILES string of the molecule is CC(C)(C)OC(=O)N1CCC(CCO)(c2ccc(Cl)cc2)CC1.CCCC1(c2ccc(Cl)cc2)CCN(C(=O)OC(C)(C)C)CC1. The number of hydrogen-bond acceptors (Lipinski definition) is 5. The Morgan fingerprint density at radius 3 is 1.28 bits per heavy atom. The van der Waals surface area contributed by atoms with Gasteiger partial charge in [-0.05, 0) is 121 Å². The van der Waals surface area contributed by atoms with E-state index in [1.54, 1.807) is 4.90 Å². The largest absolute Gasteiger partial charge is 0.444 e. The molecule has 0 radical (unpaired) electrons. The molecule has 0 atom stereocenters. The molecular weight excluding hydrogens is 623 g/mol. The van der Waals surface area contributed by atoms with Gasteiger partial charge in [-0.25, -0.2) is 9.59 Å². The lowest BCUT2D eigenvalue weighted by Crippen LogP contribution is -2.47. The van der Waals surface area contributed by atoms with Crippen molar-refractivity contribution in [3.8, 4) is 0 Å². The van der Waals surface area contributed by atoms with Crippen molar-refractivity contribution in [1.82, 2.24) is 9.80 Å². The molecule has 2 aromatic rings. The highest BCUT2D eigenvalue weighted by molar-refractivity contribution is 6.30. The average molecular weight is 678 g/mol. The molecule has 256 valence electrons. The van der Waals surface area contributed by atoms with Crippen molar-refractivity contribution in [1.29, 1.82) is 0 Å².